The van der Waals surface area contributed by atoms with Crippen molar-refractivity contribution in [3.63, 3.8) is 0 Å². The van der Waals surface area contributed by atoms with E-state index in [-0.39, 0.29) is 0 Å². The molecule has 1 aliphatic carbocycles. The average molecular weight is 272 g/mol. The topological polar surface area (TPSA) is 43.8 Å². The maximum Gasteiger partial charge on any atom is 0.0669 e. The molecule has 0 bridgehead atoms. The first-order chi connectivity index (χ1) is 7.31. The Morgan fingerprint density at radius 3 is 2.73 bits per heavy atom. The van der Waals surface area contributed by atoms with Gasteiger partial charge >= 0.3 is 0 Å². The number of halogens is 1. The molecule has 1 fully saturated rings. The van der Waals surface area contributed by atoms with E-state index in [1.54, 1.807) is 0 Å². The van der Waals surface area contributed by atoms with E-state index in [4.69, 9.17) is 5.73 Å². The first kappa shape index (κ1) is 11.1. The Labute approximate surface area is 99.2 Å². The summed E-state index contributed by atoms with van der Waals surface area (Å²) in [6.07, 6.45) is 10.6. The van der Waals surface area contributed by atoms with Gasteiger partial charge in [-0.1, -0.05) is 19.3 Å². The first-order valence-electron chi connectivity index (χ1n) is 5.71. The molecule has 0 radical (unpaired) electrons. The van der Waals surface area contributed by atoms with Crippen molar-refractivity contribution in [1.82, 2.24) is 9.78 Å². The molecule has 1 saturated carbocycles. The van der Waals surface area contributed by atoms with Gasteiger partial charge < -0.3 is 5.73 Å². The van der Waals surface area contributed by atoms with Crippen LogP contribution in [0.4, 0.5) is 0 Å². The third-order valence-corrected chi connectivity index (χ3v) is 3.75. The van der Waals surface area contributed by atoms with Crippen LogP contribution in [-0.2, 0) is 0 Å². The minimum atomic E-state index is 0.386. The van der Waals surface area contributed by atoms with E-state index in [2.05, 4.69) is 21.0 Å². The molecule has 0 amide bonds. The van der Waals surface area contributed by atoms with Crippen LogP contribution in [0, 0.1) is 5.92 Å². The molecule has 0 aliphatic heterocycles. The summed E-state index contributed by atoms with van der Waals surface area (Å²) >= 11 is 3.43. The lowest BCUT2D eigenvalue weighted by Crippen LogP contribution is -2.28. The highest BCUT2D eigenvalue weighted by Crippen LogP contribution is 2.32. The van der Waals surface area contributed by atoms with Crippen LogP contribution in [0.2, 0.25) is 0 Å². The zero-order chi connectivity index (χ0) is 10.7. The monoisotopic (exact) mass is 271 g/mol. The lowest BCUT2D eigenvalue weighted by molar-refractivity contribution is 0.240. The Kier molecular flexibility index (Phi) is 3.81. The summed E-state index contributed by atoms with van der Waals surface area (Å²) in [5.41, 5.74) is 5.87. The molecule has 0 aromatic carbocycles. The quantitative estimate of drug-likeness (QED) is 0.919. The Morgan fingerprint density at radius 2 is 2.20 bits per heavy atom. The number of hydrogen-bond acceptors (Lipinski definition) is 2. The van der Waals surface area contributed by atoms with Crippen molar-refractivity contribution in [1.29, 1.82) is 0 Å². The molecule has 4 heteroatoms. The molecule has 2 rings (SSSR count). The zero-order valence-electron chi connectivity index (χ0n) is 8.90. The lowest BCUT2D eigenvalue weighted by Gasteiger charge is -2.29. The van der Waals surface area contributed by atoms with Gasteiger partial charge in [-0.15, -0.1) is 0 Å². The van der Waals surface area contributed by atoms with Gasteiger partial charge in [-0.25, -0.2) is 0 Å². The van der Waals surface area contributed by atoms with Crippen LogP contribution in [0.25, 0.3) is 0 Å². The fraction of sp³-hybridized carbons (Fsp3) is 0.727. The second-order valence-electron chi connectivity index (χ2n) is 4.34. The Bertz CT molecular complexity index is 305. The number of nitrogens with two attached hydrogens (primary N) is 1. The number of hydrogen-bond donors (Lipinski definition) is 1. The van der Waals surface area contributed by atoms with Crippen LogP contribution in [0.1, 0.15) is 38.1 Å². The van der Waals surface area contributed by atoms with E-state index in [0.29, 0.717) is 12.6 Å². The van der Waals surface area contributed by atoms with Gasteiger partial charge in [0, 0.05) is 12.7 Å². The third-order valence-electron chi connectivity index (χ3n) is 3.35. The lowest BCUT2D eigenvalue weighted by atomic mass is 9.84. The molecule has 1 atom stereocenters. The van der Waals surface area contributed by atoms with Gasteiger partial charge in [0.2, 0.25) is 0 Å². The Morgan fingerprint density at radius 1 is 1.47 bits per heavy atom. The van der Waals surface area contributed by atoms with Crippen molar-refractivity contribution in [3.8, 4) is 0 Å². The van der Waals surface area contributed by atoms with E-state index in [9.17, 15) is 0 Å². The molecule has 2 N–H and O–H groups in total. The van der Waals surface area contributed by atoms with Crippen LogP contribution < -0.4 is 5.73 Å². The molecule has 3 nitrogen and oxygen atoms in total. The minimum Gasteiger partial charge on any atom is -0.328 e. The summed E-state index contributed by atoms with van der Waals surface area (Å²) in [6, 6.07) is 0.386. The number of aromatic nitrogens is 2. The average Bonchev–Trinajstić information content (AvgIpc) is 2.68. The van der Waals surface area contributed by atoms with E-state index in [1.807, 2.05) is 17.1 Å². The second-order valence-corrected chi connectivity index (χ2v) is 5.26. The fourth-order valence-electron chi connectivity index (χ4n) is 2.53. The van der Waals surface area contributed by atoms with Gasteiger partial charge in [0.1, 0.15) is 0 Å². The summed E-state index contributed by atoms with van der Waals surface area (Å²) in [5.74, 6) is 0.718. The summed E-state index contributed by atoms with van der Waals surface area (Å²) in [7, 11) is 0. The maximum atomic E-state index is 5.87. The molecule has 1 aromatic rings. The van der Waals surface area contributed by atoms with Gasteiger partial charge in [-0.3, -0.25) is 4.68 Å². The highest BCUT2D eigenvalue weighted by Gasteiger charge is 2.24. The van der Waals surface area contributed by atoms with E-state index in [0.717, 1.165) is 10.4 Å². The van der Waals surface area contributed by atoms with Gasteiger partial charge in [-0.05, 0) is 34.7 Å². The van der Waals surface area contributed by atoms with Gasteiger partial charge in [-0.2, -0.15) is 5.10 Å². The molecule has 1 unspecified atom stereocenters. The van der Waals surface area contributed by atoms with Crippen molar-refractivity contribution in [2.24, 2.45) is 11.7 Å². The van der Waals surface area contributed by atoms with Crippen LogP contribution in [0.15, 0.2) is 16.9 Å². The van der Waals surface area contributed by atoms with Gasteiger partial charge in [0.15, 0.2) is 0 Å². The molecule has 1 aromatic heterocycles. The Balaban J connectivity index is 2.08. The van der Waals surface area contributed by atoms with E-state index >= 15 is 0 Å². The summed E-state index contributed by atoms with van der Waals surface area (Å²) in [6.45, 7) is 0.693. The highest BCUT2D eigenvalue weighted by atomic mass is 79.9. The second kappa shape index (κ2) is 5.12. The predicted molar refractivity (Wildman–Crippen MR) is 64.6 cm³/mol. The van der Waals surface area contributed by atoms with Crippen LogP contribution in [-0.4, -0.2) is 16.3 Å². The standard InChI is InChI=1S/C11H18BrN3/c12-10-7-14-15(8-10)11(6-13)9-4-2-1-3-5-9/h7-9,11H,1-6,13H2. The van der Waals surface area contributed by atoms with Crippen molar-refractivity contribution >= 4 is 15.9 Å². The summed E-state index contributed by atoms with van der Waals surface area (Å²) < 4.78 is 3.07. The molecule has 1 heterocycles. The van der Waals surface area contributed by atoms with Crippen molar-refractivity contribution < 1.29 is 0 Å². The highest BCUT2D eigenvalue weighted by molar-refractivity contribution is 9.10. The fourth-order valence-corrected chi connectivity index (χ4v) is 2.83. The van der Waals surface area contributed by atoms with Crippen LogP contribution >= 0.6 is 15.9 Å². The zero-order valence-corrected chi connectivity index (χ0v) is 10.5. The third kappa shape index (κ3) is 2.61. The predicted octanol–water partition coefficient (Wildman–Crippen LogP) is 2.73. The molecular weight excluding hydrogens is 254 g/mol. The van der Waals surface area contributed by atoms with Crippen molar-refractivity contribution in [2.75, 3.05) is 6.54 Å². The first-order valence-corrected chi connectivity index (χ1v) is 6.50. The summed E-state index contributed by atoms with van der Waals surface area (Å²) in [4.78, 5) is 0. The van der Waals surface area contributed by atoms with Crippen LogP contribution in [0.5, 0.6) is 0 Å². The molecule has 15 heavy (non-hydrogen) atoms. The number of nitrogens with zero attached hydrogens (tertiary/aromatic N) is 2. The van der Waals surface area contributed by atoms with Crippen LogP contribution in [0.3, 0.4) is 0 Å². The smallest absolute Gasteiger partial charge is 0.0669 e. The van der Waals surface area contributed by atoms with Gasteiger partial charge in [0.05, 0.1) is 16.7 Å². The maximum absolute atomic E-state index is 5.87. The minimum absolute atomic E-state index is 0.386. The molecule has 0 saturated heterocycles. The van der Waals surface area contributed by atoms with Crippen molar-refractivity contribution in [3.05, 3.63) is 16.9 Å². The van der Waals surface area contributed by atoms with E-state index < -0.39 is 0 Å². The molecule has 84 valence electrons. The molecule has 1 aliphatic rings. The number of rotatable bonds is 3. The normalized spacial score (nSPS) is 20.4. The van der Waals surface area contributed by atoms with Crippen molar-refractivity contribution in [2.45, 2.75) is 38.1 Å². The molecule has 0 spiro atoms. The van der Waals surface area contributed by atoms with Gasteiger partial charge in [0.25, 0.3) is 0 Å². The molecular formula is C11H18BrN3. The largest absolute Gasteiger partial charge is 0.328 e. The SMILES string of the molecule is NCC(C1CCCCC1)n1cc(Br)cn1. The summed E-state index contributed by atoms with van der Waals surface area (Å²) in [5, 5.41) is 4.35. The Hall–Kier alpha value is -0.350. The van der Waals surface area contributed by atoms with E-state index in [1.165, 1.54) is 32.1 Å².